The van der Waals surface area contributed by atoms with Crippen molar-refractivity contribution < 1.29 is 4.39 Å². The van der Waals surface area contributed by atoms with Crippen LogP contribution in [0.15, 0.2) is 54.9 Å². The first-order chi connectivity index (χ1) is 9.25. The lowest BCUT2D eigenvalue weighted by Crippen LogP contribution is -1.99. The van der Waals surface area contributed by atoms with Crippen molar-refractivity contribution in [3.63, 3.8) is 0 Å². The van der Waals surface area contributed by atoms with Gasteiger partial charge in [-0.3, -0.25) is 4.98 Å². The Morgan fingerprint density at radius 1 is 1.00 bits per heavy atom. The first-order valence-corrected chi connectivity index (χ1v) is 6.05. The van der Waals surface area contributed by atoms with Crippen LogP contribution in [0.1, 0.15) is 0 Å². The Bertz CT molecular complexity index is 710. The highest BCUT2D eigenvalue weighted by atomic mass is 35.5. The van der Waals surface area contributed by atoms with Gasteiger partial charge in [-0.15, -0.1) is 0 Å². The molecule has 0 aliphatic carbocycles. The molecule has 5 heteroatoms. The van der Waals surface area contributed by atoms with Gasteiger partial charge in [0, 0.05) is 12.4 Å². The van der Waals surface area contributed by atoms with Crippen LogP contribution in [-0.4, -0.2) is 14.8 Å². The molecule has 0 unspecified atom stereocenters. The van der Waals surface area contributed by atoms with Crippen LogP contribution >= 0.6 is 11.6 Å². The minimum Gasteiger partial charge on any atom is -0.255 e. The normalized spacial score (nSPS) is 10.6. The standard InChI is InChI=1S/C14H9ClFN3/c15-10-4-3-6-13(14(10)16)19-9-7-12(18-19)11-5-1-2-8-17-11/h1-9H. The fraction of sp³-hybridized carbons (Fsp3) is 0. The molecular weight excluding hydrogens is 265 g/mol. The summed E-state index contributed by atoms with van der Waals surface area (Å²) < 4.78 is 15.3. The van der Waals surface area contributed by atoms with Gasteiger partial charge in [0.05, 0.1) is 10.7 Å². The van der Waals surface area contributed by atoms with Gasteiger partial charge in [-0.2, -0.15) is 5.10 Å². The lowest BCUT2D eigenvalue weighted by molar-refractivity contribution is 0.611. The van der Waals surface area contributed by atoms with Crippen molar-refractivity contribution in [1.29, 1.82) is 0 Å². The number of hydrogen-bond donors (Lipinski definition) is 0. The number of hydrogen-bond acceptors (Lipinski definition) is 2. The highest BCUT2D eigenvalue weighted by Gasteiger charge is 2.10. The summed E-state index contributed by atoms with van der Waals surface area (Å²) in [5.41, 5.74) is 1.73. The summed E-state index contributed by atoms with van der Waals surface area (Å²) in [7, 11) is 0. The molecule has 0 atom stereocenters. The van der Waals surface area contributed by atoms with Crippen LogP contribution in [-0.2, 0) is 0 Å². The van der Waals surface area contributed by atoms with E-state index in [1.54, 1.807) is 30.6 Å². The molecule has 1 aromatic carbocycles. The first kappa shape index (κ1) is 11.9. The third kappa shape index (κ3) is 2.22. The van der Waals surface area contributed by atoms with Gasteiger partial charge in [0.25, 0.3) is 0 Å². The summed E-state index contributed by atoms with van der Waals surface area (Å²) in [5, 5.41) is 4.38. The van der Waals surface area contributed by atoms with Gasteiger partial charge in [-0.25, -0.2) is 9.07 Å². The molecule has 0 radical (unpaired) electrons. The molecule has 19 heavy (non-hydrogen) atoms. The Labute approximate surface area is 114 Å². The monoisotopic (exact) mass is 273 g/mol. The molecule has 2 aromatic heterocycles. The van der Waals surface area contributed by atoms with Crippen LogP contribution < -0.4 is 0 Å². The molecule has 0 aliphatic rings. The third-order valence-corrected chi connectivity index (χ3v) is 2.99. The summed E-state index contributed by atoms with van der Waals surface area (Å²) >= 11 is 5.76. The van der Waals surface area contributed by atoms with E-state index < -0.39 is 5.82 Å². The van der Waals surface area contributed by atoms with Gasteiger partial charge >= 0.3 is 0 Å². The van der Waals surface area contributed by atoms with Crippen LogP contribution in [0, 0.1) is 5.82 Å². The van der Waals surface area contributed by atoms with Crippen LogP contribution in [0.2, 0.25) is 5.02 Å². The summed E-state index contributed by atoms with van der Waals surface area (Å²) in [6.45, 7) is 0. The molecule has 0 saturated carbocycles. The van der Waals surface area contributed by atoms with Crippen molar-refractivity contribution in [3.05, 3.63) is 65.7 Å². The summed E-state index contributed by atoms with van der Waals surface area (Å²) in [5.74, 6) is -0.486. The highest BCUT2D eigenvalue weighted by molar-refractivity contribution is 6.30. The molecule has 0 aliphatic heterocycles. The SMILES string of the molecule is Fc1c(Cl)cccc1-n1ccc(-c2ccccn2)n1. The van der Waals surface area contributed by atoms with Gasteiger partial charge in [0.1, 0.15) is 11.4 Å². The Morgan fingerprint density at radius 3 is 2.68 bits per heavy atom. The van der Waals surface area contributed by atoms with Crippen LogP contribution in [0.5, 0.6) is 0 Å². The van der Waals surface area contributed by atoms with E-state index in [0.29, 0.717) is 11.4 Å². The van der Waals surface area contributed by atoms with Crippen LogP contribution in [0.3, 0.4) is 0 Å². The molecule has 0 spiro atoms. The van der Waals surface area contributed by atoms with E-state index in [1.807, 2.05) is 18.2 Å². The van der Waals surface area contributed by atoms with E-state index in [2.05, 4.69) is 10.1 Å². The fourth-order valence-corrected chi connectivity index (χ4v) is 1.95. The summed E-state index contributed by atoms with van der Waals surface area (Å²) in [6, 6.07) is 12.1. The number of benzene rings is 1. The summed E-state index contributed by atoms with van der Waals surface area (Å²) in [6.07, 6.45) is 3.37. The van der Waals surface area contributed by atoms with Gasteiger partial charge in [0.2, 0.25) is 0 Å². The topological polar surface area (TPSA) is 30.7 Å². The number of aromatic nitrogens is 3. The zero-order chi connectivity index (χ0) is 13.2. The fourth-order valence-electron chi connectivity index (χ4n) is 1.78. The summed E-state index contributed by atoms with van der Waals surface area (Å²) in [4.78, 5) is 4.20. The van der Waals surface area contributed by atoms with E-state index in [-0.39, 0.29) is 5.02 Å². The minimum atomic E-state index is -0.486. The van der Waals surface area contributed by atoms with E-state index in [9.17, 15) is 4.39 Å². The first-order valence-electron chi connectivity index (χ1n) is 5.67. The number of nitrogens with zero attached hydrogens (tertiary/aromatic N) is 3. The maximum atomic E-state index is 13.9. The lowest BCUT2D eigenvalue weighted by atomic mass is 10.3. The molecule has 3 aromatic rings. The second-order valence-electron chi connectivity index (χ2n) is 3.93. The molecule has 3 nitrogen and oxygen atoms in total. The largest absolute Gasteiger partial charge is 0.255 e. The highest BCUT2D eigenvalue weighted by Crippen LogP contribution is 2.22. The van der Waals surface area contributed by atoms with Crippen molar-refractivity contribution in [1.82, 2.24) is 14.8 Å². The molecule has 3 rings (SSSR count). The quantitative estimate of drug-likeness (QED) is 0.712. The zero-order valence-corrected chi connectivity index (χ0v) is 10.5. The zero-order valence-electron chi connectivity index (χ0n) is 9.79. The number of pyridine rings is 1. The molecule has 0 amide bonds. The Balaban J connectivity index is 2.05. The van der Waals surface area contributed by atoms with Crippen LogP contribution in [0.4, 0.5) is 4.39 Å². The van der Waals surface area contributed by atoms with E-state index in [0.717, 1.165) is 5.69 Å². The van der Waals surface area contributed by atoms with Gasteiger partial charge in [0.15, 0.2) is 5.82 Å². The molecule has 2 heterocycles. The maximum absolute atomic E-state index is 13.9. The van der Waals surface area contributed by atoms with Crippen LogP contribution in [0.25, 0.3) is 17.1 Å². The molecule has 0 bridgehead atoms. The van der Waals surface area contributed by atoms with E-state index >= 15 is 0 Å². The smallest absolute Gasteiger partial charge is 0.167 e. The van der Waals surface area contributed by atoms with Gasteiger partial charge in [-0.05, 0) is 30.3 Å². The van der Waals surface area contributed by atoms with E-state index in [4.69, 9.17) is 11.6 Å². The number of rotatable bonds is 2. The van der Waals surface area contributed by atoms with E-state index in [1.165, 1.54) is 10.7 Å². The van der Waals surface area contributed by atoms with Gasteiger partial charge in [-0.1, -0.05) is 23.7 Å². The number of halogens is 2. The second kappa shape index (κ2) is 4.82. The molecular formula is C14H9ClFN3. The second-order valence-corrected chi connectivity index (χ2v) is 4.34. The molecule has 0 saturated heterocycles. The van der Waals surface area contributed by atoms with Crippen molar-refractivity contribution in [2.75, 3.05) is 0 Å². The minimum absolute atomic E-state index is 0.0763. The molecule has 0 fully saturated rings. The average molecular weight is 274 g/mol. The predicted molar refractivity (Wildman–Crippen MR) is 71.8 cm³/mol. The van der Waals surface area contributed by atoms with Gasteiger partial charge < -0.3 is 0 Å². The maximum Gasteiger partial charge on any atom is 0.167 e. The Hall–Kier alpha value is -2.20. The third-order valence-electron chi connectivity index (χ3n) is 2.69. The van der Waals surface area contributed by atoms with Crippen molar-refractivity contribution in [3.8, 4) is 17.1 Å². The van der Waals surface area contributed by atoms with Crippen molar-refractivity contribution in [2.45, 2.75) is 0 Å². The van der Waals surface area contributed by atoms with Crippen molar-refractivity contribution in [2.24, 2.45) is 0 Å². The molecule has 94 valence electrons. The predicted octanol–water partition coefficient (Wildman–Crippen LogP) is 3.73. The molecule has 0 N–H and O–H groups in total. The Kier molecular flexibility index (Phi) is 3.01. The Morgan fingerprint density at radius 2 is 1.89 bits per heavy atom. The lowest BCUT2D eigenvalue weighted by Gasteiger charge is -2.04. The average Bonchev–Trinajstić information content (AvgIpc) is 2.92. The van der Waals surface area contributed by atoms with Crippen molar-refractivity contribution >= 4 is 11.6 Å².